The maximum absolute atomic E-state index is 13.4. The summed E-state index contributed by atoms with van der Waals surface area (Å²) in [6.45, 7) is 4.60. The minimum absolute atomic E-state index is 0.218. The summed E-state index contributed by atoms with van der Waals surface area (Å²) in [4.78, 5) is 52.5. The number of aliphatic hydroxyl groups excluding tert-OH is 1. The quantitative estimate of drug-likeness (QED) is 0.0278. The summed E-state index contributed by atoms with van der Waals surface area (Å²) in [6.07, 6.45) is 46.8. The van der Waals surface area contributed by atoms with Crippen molar-refractivity contribution in [1.29, 1.82) is 0 Å². The summed E-state index contributed by atoms with van der Waals surface area (Å²) in [6, 6.07) is 5.04. The third kappa shape index (κ3) is 31.1. The number of ether oxygens (including phenoxy) is 4. The van der Waals surface area contributed by atoms with E-state index >= 15 is 0 Å². The van der Waals surface area contributed by atoms with Gasteiger partial charge in [0, 0.05) is 0 Å². The zero-order valence-corrected chi connectivity index (χ0v) is 50.9. The number of benzene rings is 1. The van der Waals surface area contributed by atoms with Gasteiger partial charge in [-0.25, -0.2) is 0 Å². The third-order valence-corrected chi connectivity index (χ3v) is 16.3. The van der Waals surface area contributed by atoms with E-state index in [1.165, 1.54) is 218 Å². The molecule has 1 aromatic heterocycles. The Morgan fingerprint density at radius 3 is 1.35 bits per heavy atom. The molecular weight excluding hydrogens is 1030 g/mol. The van der Waals surface area contributed by atoms with Crippen LogP contribution in [0, 0.1) is 5.63 Å². The first-order valence-electron chi connectivity index (χ1n) is 32.3. The third-order valence-electron chi connectivity index (χ3n) is 16.0. The molecule has 1 aliphatic heterocycles. The number of aromatic amines is 1. The van der Waals surface area contributed by atoms with Crippen molar-refractivity contribution in [2.24, 2.45) is 0 Å². The van der Waals surface area contributed by atoms with Crippen molar-refractivity contribution < 1.29 is 48.4 Å². The van der Waals surface area contributed by atoms with Gasteiger partial charge in [0.2, 0.25) is 0 Å². The Labute approximate surface area is 483 Å². The van der Waals surface area contributed by atoms with E-state index in [-0.39, 0.29) is 11.1 Å². The monoisotopic (exact) mass is 1140 g/mol. The Morgan fingerprint density at radius 1 is 0.625 bits per heavy atom. The maximum atomic E-state index is 13.4. The standard InChI is InChI=1S/C65H109N2O12P/c1-3-5-7-9-11-13-15-17-19-21-23-25-27-29-31-33-35-37-39-41-45-76-56-47-54(48-57(49-56)77-46-42-40-38-36-34-32-30-28-26-24-22-20-18-16-14-12-10-8-6-4-2)62(79-61(71)44-43-60(69)70)65(74)50-59(78-58(65)52-68)67-51-55(53-80-75)63(72)66-64(67)73/h47-49,51,58-59,62,68,74H,3-46,50,52H2,1-2H3,(H,69,70)(H,66,72,73)/t58-,59-,62?,65+/m1/s1. The van der Waals surface area contributed by atoms with Gasteiger partial charge in [-0.05, 0) is 12.8 Å². The molecule has 1 aromatic carbocycles. The number of carbonyl (C=O) groups excluding carboxylic acids is 1. The number of hydrogen-bond donors (Lipinski definition) is 4. The number of H-pyrrole nitrogens is 1. The van der Waals surface area contributed by atoms with Crippen molar-refractivity contribution in [1.82, 2.24) is 9.55 Å². The normalized spacial score (nSPS) is 16.4. The van der Waals surface area contributed by atoms with Crippen LogP contribution in [-0.4, -0.2) is 68.3 Å². The molecule has 2 heterocycles. The number of aliphatic hydroxyl groups is 2. The Balaban J connectivity index is 1.56. The molecule has 2 aromatic rings. The summed E-state index contributed by atoms with van der Waals surface area (Å²) in [5.74, 6) is -1.31. The predicted octanol–water partition coefficient (Wildman–Crippen LogP) is 16.7. The number of rotatable bonds is 52. The first kappa shape index (κ1) is 70.6. The van der Waals surface area contributed by atoms with Crippen LogP contribution in [0.1, 0.15) is 313 Å². The molecule has 14 nitrogen and oxygen atoms in total. The van der Waals surface area contributed by atoms with E-state index in [9.17, 15) is 39.1 Å². The number of hydrogen-bond acceptors (Lipinski definition) is 11. The van der Waals surface area contributed by atoms with Crippen LogP contribution in [0.25, 0.3) is 0 Å². The summed E-state index contributed by atoms with van der Waals surface area (Å²) in [5, 5.41) is 32.7. The van der Waals surface area contributed by atoms with Crippen molar-refractivity contribution in [3.63, 3.8) is 0 Å². The molecule has 456 valence electrons. The van der Waals surface area contributed by atoms with Crippen LogP contribution in [-0.2, 0) is 23.6 Å². The Hall–Kier alpha value is -3.67. The second-order valence-electron chi connectivity index (χ2n) is 23.0. The van der Waals surface area contributed by atoms with Gasteiger partial charge in [-0.3, -0.25) is 4.79 Å². The zero-order chi connectivity index (χ0) is 57.7. The van der Waals surface area contributed by atoms with Gasteiger partial charge in [-0.1, -0.05) is 258 Å². The predicted molar refractivity (Wildman–Crippen MR) is 322 cm³/mol. The van der Waals surface area contributed by atoms with E-state index in [0.29, 0.717) is 24.7 Å². The number of nitrogens with zero attached hydrogens (tertiary/aromatic N) is 1. The molecule has 4 atom stereocenters. The van der Waals surface area contributed by atoms with Crippen LogP contribution in [0.5, 0.6) is 11.5 Å². The van der Waals surface area contributed by atoms with Crippen LogP contribution in [0.2, 0.25) is 0 Å². The number of carboxylic acid groups (broad SMARTS) is 1. The van der Waals surface area contributed by atoms with Crippen LogP contribution in [0.3, 0.4) is 0 Å². The summed E-state index contributed by atoms with van der Waals surface area (Å²) in [5.41, 5.74) is -1.57. The molecule has 0 aliphatic carbocycles. The van der Waals surface area contributed by atoms with Crippen molar-refractivity contribution in [3.8, 4) is 17.1 Å². The molecule has 1 unspecified atom stereocenters. The van der Waals surface area contributed by atoms with Gasteiger partial charge in [0.25, 0.3) is 0 Å². The number of unbranched alkanes of at least 4 members (excludes halogenated alkanes) is 38. The summed E-state index contributed by atoms with van der Waals surface area (Å²) in [7, 11) is -0.604. The molecule has 0 bridgehead atoms. The molecule has 0 amide bonds. The van der Waals surface area contributed by atoms with E-state index in [0.717, 1.165) is 49.3 Å². The van der Waals surface area contributed by atoms with Crippen molar-refractivity contribution in [2.75, 3.05) is 19.8 Å². The first-order valence-corrected chi connectivity index (χ1v) is 33.1. The van der Waals surface area contributed by atoms with E-state index in [1.807, 2.05) is 0 Å². The van der Waals surface area contributed by atoms with Gasteiger partial charge in [0.15, 0.2) is 0 Å². The Kier molecular flexibility index (Phi) is 40.4. The second-order valence-corrected chi connectivity index (χ2v) is 23.4. The Bertz CT molecular complexity index is 2100. The average molecular weight is 1140 g/mol. The number of nitrogens with one attached hydrogen (secondary N) is 1. The molecule has 0 spiro atoms. The van der Waals surface area contributed by atoms with Crippen LogP contribution in [0.4, 0.5) is 0 Å². The molecule has 1 fully saturated rings. The molecular formula is C65H109N2O12P. The summed E-state index contributed by atoms with van der Waals surface area (Å²) < 4.78 is 37.0. The van der Waals surface area contributed by atoms with Crippen LogP contribution in [0.15, 0.2) is 34.0 Å². The summed E-state index contributed by atoms with van der Waals surface area (Å²) >= 11 is 0. The molecule has 4 N–H and O–H groups in total. The van der Waals surface area contributed by atoms with Gasteiger partial charge in [-0.15, -0.1) is 0 Å². The zero-order valence-electron chi connectivity index (χ0n) is 50.0. The van der Waals surface area contributed by atoms with Crippen molar-refractivity contribution in [3.05, 3.63) is 56.4 Å². The molecule has 0 radical (unpaired) electrons. The fourth-order valence-corrected chi connectivity index (χ4v) is 11.4. The number of carbonyl (C=O) groups is 2. The topological polar surface area (TPSA) is 204 Å². The van der Waals surface area contributed by atoms with Crippen LogP contribution < -0.4 is 20.7 Å². The molecule has 15 heteroatoms. The van der Waals surface area contributed by atoms with Crippen LogP contribution >= 0.6 is 7.92 Å². The van der Waals surface area contributed by atoms with E-state index in [2.05, 4.69) is 24.5 Å². The van der Waals surface area contributed by atoms with Gasteiger partial charge < -0.3 is 5.11 Å². The fourth-order valence-electron chi connectivity index (χ4n) is 11.1. The van der Waals surface area contributed by atoms with E-state index < -0.39 is 81.0 Å². The van der Waals surface area contributed by atoms with E-state index in [1.54, 1.807) is 18.2 Å². The van der Waals surface area contributed by atoms with Gasteiger partial charge >= 0.3 is 191 Å². The number of aromatic nitrogens is 2. The second kappa shape index (κ2) is 45.8. The molecule has 1 aliphatic rings. The molecule has 0 saturated carbocycles. The number of carboxylic acids is 1. The van der Waals surface area contributed by atoms with Gasteiger partial charge in [0.05, 0.1) is 13.2 Å². The number of aliphatic carboxylic acids is 1. The molecule has 1 saturated heterocycles. The Morgan fingerprint density at radius 2 is 1.00 bits per heavy atom. The molecule has 3 rings (SSSR count). The van der Waals surface area contributed by atoms with E-state index in [4.69, 9.17) is 18.9 Å². The van der Waals surface area contributed by atoms with Gasteiger partial charge in [0.1, 0.15) is 0 Å². The first-order chi connectivity index (χ1) is 39.1. The minimum atomic E-state index is -2.20. The SMILES string of the molecule is CCCCCCCCCCCCCCCCCCCCCCOc1cc(OCCCCCCCCCCCCCCCCCCCCCC)cc(C(OC(=O)CCC(=O)O)[C@]2(O)C[C@H](n3cc(C#P=O)c(=O)[nH]c3=O)O[C@@H]2CO)c1. The number of esters is 1. The van der Waals surface area contributed by atoms with Crippen molar-refractivity contribution >= 4 is 19.9 Å². The molecule has 80 heavy (non-hydrogen) atoms. The fraction of sp³-hybridized carbons (Fsp3) is 0.800. The average Bonchev–Trinajstić information content (AvgIpc) is 3.99. The van der Waals surface area contributed by atoms with Gasteiger partial charge in [-0.2, -0.15) is 0 Å². The van der Waals surface area contributed by atoms with Crippen molar-refractivity contribution in [2.45, 2.75) is 314 Å².